The predicted octanol–water partition coefficient (Wildman–Crippen LogP) is 4.68. The monoisotopic (exact) mass is 369 g/mol. The van der Waals surface area contributed by atoms with E-state index in [-0.39, 0.29) is 22.9 Å². The molecule has 0 bridgehead atoms. The number of nitriles is 1. The van der Waals surface area contributed by atoms with E-state index in [0.717, 1.165) is 0 Å². The van der Waals surface area contributed by atoms with Crippen molar-refractivity contribution >= 4 is 40.8 Å². The van der Waals surface area contributed by atoms with E-state index in [1.807, 2.05) is 6.07 Å². The first-order valence-corrected chi connectivity index (χ1v) is 7.51. The molecule has 0 atom stereocenters. The van der Waals surface area contributed by atoms with E-state index in [1.54, 1.807) is 18.2 Å². The number of halogens is 3. The Balaban J connectivity index is 2.26. The van der Waals surface area contributed by atoms with Crippen molar-refractivity contribution in [3.63, 3.8) is 0 Å². The second-order valence-corrected chi connectivity index (χ2v) is 5.67. The number of methoxy groups -OCH3 is 1. The molecule has 0 aliphatic rings. The highest BCUT2D eigenvalue weighted by atomic mass is 35.5. The van der Waals surface area contributed by atoms with Crippen LogP contribution in [0.15, 0.2) is 30.3 Å². The van der Waals surface area contributed by atoms with Gasteiger partial charge in [-0.15, -0.1) is 0 Å². The standard InChI is InChI=1S/C16H10Cl3NO3/c1-22-14-6-9(8-20)5-13(19)16(14)23-15(21)7-10-11(17)3-2-4-12(10)18/h2-6H,7H2,1H3. The molecule has 4 nitrogen and oxygen atoms in total. The fourth-order valence-electron chi connectivity index (χ4n) is 1.88. The first kappa shape index (κ1) is 17.4. The van der Waals surface area contributed by atoms with Crippen LogP contribution in [0.1, 0.15) is 11.1 Å². The van der Waals surface area contributed by atoms with Crippen LogP contribution in [-0.2, 0) is 11.2 Å². The zero-order valence-electron chi connectivity index (χ0n) is 11.9. The largest absolute Gasteiger partial charge is 0.493 e. The predicted molar refractivity (Wildman–Crippen MR) is 88.5 cm³/mol. The maximum atomic E-state index is 12.1. The summed E-state index contributed by atoms with van der Waals surface area (Å²) in [5, 5.41) is 9.74. The van der Waals surface area contributed by atoms with Crippen LogP contribution in [-0.4, -0.2) is 13.1 Å². The Labute approximate surface area is 148 Å². The number of hydrogen-bond donors (Lipinski definition) is 0. The third-order valence-corrected chi connectivity index (χ3v) is 3.95. The molecule has 0 unspecified atom stereocenters. The minimum absolute atomic E-state index is 0.0429. The molecule has 0 aliphatic carbocycles. The van der Waals surface area contributed by atoms with Gasteiger partial charge in [0.2, 0.25) is 0 Å². The van der Waals surface area contributed by atoms with Crippen molar-refractivity contribution in [2.24, 2.45) is 0 Å². The van der Waals surface area contributed by atoms with Gasteiger partial charge < -0.3 is 9.47 Å². The Hall–Kier alpha value is -1.93. The van der Waals surface area contributed by atoms with Crippen LogP contribution in [0.5, 0.6) is 11.5 Å². The smallest absolute Gasteiger partial charge is 0.315 e. The molecule has 0 radical (unpaired) electrons. The first-order valence-electron chi connectivity index (χ1n) is 6.37. The van der Waals surface area contributed by atoms with E-state index >= 15 is 0 Å². The number of nitrogens with zero attached hydrogens (tertiary/aromatic N) is 1. The minimum atomic E-state index is -0.607. The average Bonchev–Trinajstić information content (AvgIpc) is 2.52. The molecule has 118 valence electrons. The van der Waals surface area contributed by atoms with Crippen molar-refractivity contribution < 1.29 is 14.3 Å². The van der Waals surface area contributed by atoms with Crippen LogP contribution < -0.4 is 9.47 Å². The molecule has 0 saturated carbocycles. The van der Waals surface area contributed by atoms with Gasteiger partial charge in [-0.25, -0.2) is 0 Å². The lowest BCUT2D eigenvalue weighted by atomic mass is 10.1. The second-order valence-electron chi connectivity index (χ2n) is 4.45. The second kappa shape index (κ2) is 7.56. The molecule has 0 saturated heterocycles. The Morgan fingerprint density at radius 3 is 2.39 bits per heavy atom. The summed E-state index contributed by atoms with van der Waals surface area (Å²) in [6.45, 7) is 0. The molecule has 7 heteroatoms. The molecule has 23 heavy (non-hydrogen) atoms. The highest BCUT2D eigenvalue weighted by Crippen LogP contribution is 2.36. The first-order chi connectivity index (χ1) is 11.0. The van der Waals surface area contributed by atoms with Gasteiger partial charge in [-0.05, 0) is 18.2 Å². The maximum Gasteiger partial charge on any atom is 0.315 e. The molecule has 2 aromatic carbocycles. The van der Waals surface area contributed by atoms with Crippen LogP contribution in [0, 0.1) is 11.3 Å². The molecular weight excluding hydrogens is 361 g/mol. The van der Waals surface area contributed by atoms with Gasteiger partial charge in [0.15, 0.2) is 11.5 Å². The number of carbonyl (C=O) groups is 1. The normalized spacial score (nSPS) is 10.0. The van der Waals surface area contributed by atoms with Crippen molar-refractivity contribution in [3.8, 4) is 17.6 Å². The summed E-state index contributed by atoms with van der Waals surface area (Å²) in [6.07, 6.45) is -0.127. The van der Waals surface area contributed by atoms with Crippen molar-refractivity contribution in [2.75, 3.05) is 7.11 Å². The van der Waals surface area contributed by atoms with Gasteiger partial charge in [0.1, 0.15) is 0 Å². The Morgan fingerprint density at radius 1 is 1.17 bits per heavy atom. The van der Waals surface area contributed by atoms with Gasteiger partial charge in [-0.2, -0.15) is 5.26 Å². The lowest BCUT2D eigenvalue weighted by Gasteiger charge is -2.12. The highest BCUT2D eigenvalue weighted by molar-refractivity contribution is 6.36. The molecular formula is C16H10Cl3NO3. The number of carbonyl (C=O) groups excluding carboxylic acids is 1. The van der Waals surface area contributed by atoms with Crippen LogP contribution in [0.25, 0.3) is 0 Å². The van der Waals surface area contributed by atoms with Gasteiger partial charge in [0.05, 0.1) is 30.2 Å². The third-order valence-electron chi connectivity index (χ3n) is 2.96. The molecule has 0 spiro atoms. The summed E-state index contributed by atoms with van der Waals surface area (Å²) in [5.74, 6) is -0.376. The van der Waals surface area contributed by atoms with Crippen LogP contribution in [0.3, 0.4) is 0 Å². The lowest BCUT2D eigenvalue weighted by Crippen LogP contribution is -2.13. The molecule has 0 aliphatic heterocycles. The number of rotatable bonds is 4. The topological polar surface area (TPSA) is 59.3 Å². The zero-order chi connectivity index (χ0) is 17.0. The summed E-state index contributed by atoms with van der Waals surface area (Å²) in [5.41, 5.74) is 0.755. The van der Waals surface area contributed by atoms with Crippen LogP contribution in [0.4, 0.5) is 0 Å². The molecule has 2 aromatic rings. The summed E-state index contributed by atoms with van der Waals surface area (Å²) in [7, 11) is 1.38. The van der Waals surface area contributed by atoms with Crippen molar-refractivity contribution in [1.82, 2.24) is 0 Å². The molecule has 0 heterocycles. The van der Waals surface area contributed by atoms with Crippen molar-refractivity contribution in [2.45, 2.75) is 6.42 Å². The number of benzene rings is 2. The van der Waals surface area contributed by atoms with Gasteiger partial charge in [0, 0.05) is 21.7 Å². The average molecular weight is 371 g/mol. The van der Waals surface area contributed by atoms with Gasteiger partial charge >= 0.3 is 5.97 Å². The summed E-state index contributed by atoms with van der Waals surface area (Å²) >= 11 is 18.1. The van der Waals surface area contributed by atoms with Gasteiger partial charge in [-0.1, -0.05) is 40.9 Å². The van der Waals surface area contributed by atoms with Crippen molar-refractivity contribution in [1.29, 1.82) is 5.26 Å². The SMILES string of the molecule is COc1cc(C#N)cc(Cl)c1OC(=O)Cc1c(Cl)cccc1Cl. The van der Waals surface area contributed by atoms with Gasteiger partial charge in [0.25, 0.3) is 0 Å². The zero-order valence-corrected chi connectivity index (χ0v) is 14.2. The van der Waals surface area contributed by atoms with Gasteiger partial charge in [-0.3, -0.25) is 4.79 Å². The van der Waals surface area contributed by atoms with Crippen LogP contribution in [0.2, 0.25) is 15.1 Å². The van der Waals surface area contributed by atoms with E-state index in [4.69, 9.17) is 49.5 Å². The molecule has 0 amide bonds. The summed E-state index contributed by atoms with van der Waals surface area (Å²) < 4.78 is 10.4. The fraction of sp³-hybridized carbons (Fsp3) is 0.125. The summed E-state index contributed by atoms with van der Waals surface area (Å²) in [4.78, 5) is 12.1. The molecule has 2 rings (SSSR count). The molecule has 0 aromatic heterocycles. The van der Waals surface area contributed by atoms with E-state index in [0.29, 0.717) is 21.2 Å². The van der Waals surface area contributed by atoms with E-state index < -0.39 is 5.97 Å². The lowest BCUT2D eigenvalue weighted by molar-refractivity contribution is -0.133. The Morgan fingerprint density at radius 2 is 1.83 bits per heavy atom. The minimum Gasteiger partial charge on any atom is -0.493 e. The van der Waals surface area contributed by atoms with E-state index in [9.17, 15) is 4.79 Å². The Kier molecular flexibility index (Phi) is 5.73. The summed E-state index contributed by atoms with van der Waals surface area (Å²) in [6, 6.07) is 9.69. The highest BCUT2D eigenvalue weighted by Gasteiger charge is 2.18. The fourth-order valence-corrected chi connectivity index (χ4v) is 2.66. The van der Waals surface area contributed by atoms with E-state index in [2.05, 4.69) is 0 Å². The quantitative estimate of drug-likeness (QED) is 0.579. The number of hydrogen-bond acceptors (Lipinski definition) is 4. The third kappa shape index (κ3) is 4.08. The maximum absolute atomic E-state index is 12.1. The molecule has 0 N–H and O–H groups in total. The molecule has 0 fully saturated rings. The van der Waals surface area contributed by atoms with E-state index in [1.165, 1.54) is 19.2 Å². The number of ether oxygens (including phenoxy) is 2. The van der Waals surface area contributed by atoms with Crippen LogP contribution >= 0.6 is 34.8 Å². The Bertz CT molecular complexity index is 780. The van der Waals surface area contributed by atoms with Crippen molar-refractivity contribution in [3.05, 3.63) is 56.5 Å². The number of esters is 1.